The molecule has 0 saturated carbocycles. The van der Waals surface area contributed by atoms with Crippen molar-refractivity contribution in [2.75, 3.05) is 9.80 Å². The lowest BCUT2D eigenvalue weighted by Gasteiger charge is -2.42. The molecular weight excluding hydrogens is 588 g/mol. The summed E-state index contributed by atoms with van der Waals surface area (Å²) in [6, 6.07) is 48.6. The molecule has 4 heteroatoms. The van der Waals surface area contributed by atoms with E-state index in [1.165, 1.54) is 22.3 Å². The van der Waals surface area contributed by atoms with Crippen molar-refractivity contribution in [1.29, 1.82) is 0 Å². The highest BCUT2D eigenvalue weighted by Gasteiger charge is 2.38. The molecule has 0 fully saturated rings. The quantitative estimate of drug-likeness (QED) is 0.141. The van der Waals surface area contributed by atoms with E-state index in [4.69, 9.17) is 0 Å². The van der Waals surface area contributed by atoms with Gasteiger partial charge < -0.3 is 9.80 Å². The first-order valence-corrected chi connectivity index (χ1v) is 16.5. The molecule has 0 N–H and O–H groups in total. The van der Waals surface area contributed by atoms with Crippen LogP contribution in [-0.2, 0) is 10.8 Å². The molecule has 0 amide bonds. The van der Waals surface area contributed by atoms with Gasteiger partial charge in [-0.1, -0.05) is 100 Å². The lowest BCUT2D eigenvalue weighted by molar-refractivity contribution is 0.0817. The highest BCUT2D eigenvalue weighted by molar-refractivity contribution is 6.49. The number of Topliss-reactive ketones (excluding diaryl/α,β-unsaturated/α-hetero) is 2. The number of carbonyl (C=O) groups excluding carboxylic acids is 2. The van der Waals surface area contributed by atoms with Crippen molar-refractivity contribution >= 4 is 45.7 Å². The van der Waals surface area contributed by atoms with Gasteiger partial charge in [0.1, 0.15) is 0 Å². The second kappa shape index (κ2) is 10.9. The second-order valence-electron chi connectivity index (χ2n) is 13.7. The molecule has 8 rings (SSSR count). The average Bonchev–Trinajstić information content (AvgIpc) is 3.12. The number of hydrogen-bond donors (Lipinski definition) is 0. The maximum Gasteiger partial charge on any atom is 0.233 e. The highest BCUT2D eigenvalue weighted by Crippen LogP contribution is 2.53. The molecule has 6 aromatic rings. The molecule has 4 nitrogen and oxygen atoms in total. The molecule has 2 aliphatic rings. The van der Waals surface area contributed by atoms with Gasteiger partial charge in [0, 0.05) is 33.3 Å². The maximum absolute atomic E-state index is 13.5. The van der Waals surface area contributed by atoms with Crippen LogP contribution in [0.4, 0.5) is 34.1 Å². The molecule has 0 spiro atoms. The fraction of sp³-hybridized carbons (Fsp3) is 0.136. The molecule has 0 aromatic heterocycles. The van der Waals surface area contributed by atoms with Crippen LogP contribution >= 0.6 is 0 Å². The minimum atomic E-state index is -0.523. The molecule has 6 aromatic carbocycles. The van der Waals surface area contributed by atoms with Crippen molar-refractivity contribution < 1.29 is 9.59 Å². The number of nitrogens with zero attached hydrogens (tertiary/aromatic N) is 2. The summed E-state index contributed by atoms with van der Waals surface area (Å²) < 4.78 is 0. The van der Waals surface area contributed by atoms with Gasteiger partial charge in [0.15, 0.2) is 0 Å². The van der Waals surface area contributed by atoms with Gasteiger partial charge >= 0.3 is 0 Å². The van der Waals surface area contributed by atoms with Crippen LogP contribution in [0.25, 0.3) is 0 Å². The van der Waals surface area contributed by atoms with E-state index in [-0.39, 0.29) is 10.8 Å². The number of anilines is 6. The van der Waals surface area contributed by atoms with Crippen LogP contribution < -0.4 is 9.80 Å². The summed E-state index contributed by atoms with van der Waals surface area (Å²) in [5, 5.41) is 0. The Morgan fingerprint density at radius 1 is 0.375 bits per heavy atom. The van der Waals surface area contributed by atoms with Crippen LogP contribution in [0.3, 0.4) is 0 Å². The van der Waals surface area contributed by atoms with E-state index < -0.39 is 11.6 Å². The summed E-state index contributed by atoms with van der Waals surface area (Å²) in [7, 11) is 0. The lowest BCUT2D eigenvalue weighted by atomic mass is 9.73. The molecule has 2 heterocycles. The molecule has 0 bridgehead atoms. The van der Waals surface area contributed by atoms with Gasteiger partial charge in [-0.3, -0.25) is 9.59 Å². The topological polar surface area (TPSA) is 40.6 Å². The maximum atomic E-state index is 13.5. The zero-order valence-corrected chi connectivity index (χ0v) is 27.6. The van der Waals surface area contributed by atoms with Gasteiger partial charge in [0.2, 0.25) is 11.6 Å². The fourth-order valence-electron chi connectivity index (χ4n) is 7.68. The fourth-order valence-corrected chi connectivity index (χ4v) is 7.68. The van der Waals surface area contributed by atoms with Crippen LogP contribution in [0, 0.1) is 0 Å². The van der Waals surface area contributed by atoms with Gasteiger partial charge in [-0.05, 0) is 95.1 Å². The Hall–Kier alpha value is -5.74. The lowest BCUT2D eigenvalue weighted by Crippen LogP contribution is -2.30. The molecule has 2 aliphatic heterocycles. The van der Waals surface area contributed by atoms with Crippen molar-refractivity contribution in [3.05, 3.63) is 179 Å². The van der Waals surface area contributed by atoms with Crippen molar-refractivity contribution in [2.24, 2.45) is 0 Å². The Bertz CT molecular complexity index is 1970. The smallest absolute Gasteiger partial charge is 0.233 e. The molecular formula is C44H36N2O2. The summed E-state index contributed by atoms with van der Waals surface area (Å²) in [5.41, 5.74) is 11.7. The third-order valence-corrected chi connectivity index (χ3v) is 10.3. The van der Waals surface area contributed by atoms with Crippen molar-refractivity contribution in [3.8, 4) is 0 Å². The Kier molecular flexibility index (Phi) is 6.74. The zero-order valence-electron chi connectivity index (χ0n) is 27.6. The number of rotatable bonds is 5. The van der Waals surface area contributed by atoms with E-state index in [9.17, 15) is 9.59 Å². The number of fused-ring (bicyclic) bond motifs is 4. The molecule has 0 radical (unpaired) electrons. The Balaban J connectivity index is 1.08. The van der Waals surface area contributed by atoms with E-state index in [1.807, 2.05) is 24.3 Å². The van der Waals surface area contributed by atoms with E-state index in [2.05, 4.69) is 135 Å². The van der Waals surface area contributed by atoms with E-state index in [1.54, 1.807) is 24.3 Å². The second-order valence-corrected chi connectivity index (χ2v) is 13.7. The van der Waals surface area contributed by atoms with Gasteiger partial charge in [0.25, 0.3) is 0 Å². The molecule has 0 saturated heterocycles. The third-order valence-electron chi connectivity index (χ3n) is 10.3. The highest BCUT2D eigenvalue weighted by atomic mass is 16.2. The molecule has 0 atom stereocenters. The van der Waals surface area contributed by atoms with Crippen molar-refractivity contribution in [3.63, 3.8) is 0 Å². The Morgan fingerprint density at radius 3 is 0.896 bits per heavy atom. The van der Waals surface area contributed by atoms with Crippen LogP contribution in [0.15, 0.2) is 146 Å². The predicted molar refractivity (Wildman–Crippen MR) is 195 cm³/mol. The SMILES string of the molecule is CC1(C)c2ccccc2N(c2ccc(C(=O)C(=O)c3ccc(N4c5ccccc5C(C)(C)c5ccccc54)cc3)cc2)c2ccccc21. The molecule has 48 heavy (non-hydrogen) atoms. The first kappa shape index (κ1) is 29.6. The number of ketones is 2. The molecule has 234 valence electrons. The minimum absolute atomic E-state index is 0.154. The molecule has 0 unspecified atom stereocenters. The minimum Gasteiger partial charge on any atom is -0.310 e. The Labute approximate surface area is 281 Å². The normalized spacial score (nSPS) is 15.1. The number of carbonyl (C=O) groups is 2. The monoisotopic (exact) mass is 624 g/mol. The van der Waals surface area contributed by atoms with Gasteiger partial charge in [-0.25, -0.2) is 0 Å². The Morgan fingerprint density at radius 2 is 0.625 bits per heavy atom. The third kappa shape index (κ3) is 4.44. The van der Waals surface area contributed by atoms with E-state index in [0.29, 0.717) is 11.1 Å². The summed E-state index contributed by atoms with van der Waals surface area (Å²) in [6.45, 7) is 9.03. The van der Waals surface area contributed by atoms with Crippen LogP contribution in [0.1, 0.15) is 70.7 Å². The van der Waals surface area contributed by atoms with E-state index in [0.717, 1.165) is 34.1 Å². The van der Waals surface area contributed by atoms with Gasteiger partial charge in [-0.2, -0.15) is 0 Å². The van der Waals surface area contributed by atoms with Crippen LogP contribution in [-0.4, -0.2) is 11.6 Å². The van der Waals surface area contributed by atoms with Crippen molar-refractivity contribution in [1.82, 2.24) is 0 Å². The summed E-state index contributed by atoms with van der Waals surface area (Å²) >= 11 is 0. The molecule has 0 aliphatic carbocycles. The number of para-hydroxylation sites is 4. The van der Waals surface area contributed by atoms with Gasteiger partial charge in [0.05, 0.1) is 22.7 Å². The largest absolute Gasteiger partial charge is 0.310 e. The van der Waals surface area contributed by atoms with Crippen LogP contribution in [0.5, 0.6) is 0 Å². The summed E-state index contributed by atoms with van der Waals surface area (Å²) in [4.78, 5) is 31.5. The predicted octanol–water partition coefficient (Wildman–Crippen LogP) is 11.0. The van der Waals surface area contributed by atoms with Gasteiger partial charge in [-0.15, -0.1) is 0 Å². The summed E-state index contributed by atoms with van der Waals surface area (Å²) in [5.74, 6) is -1.05. The average molecular weight is 625 g/mol. The van der Waals surface area contributed by atoms with E-state index >= 15 is 0 Å². The zero-order chi connectivity index (χ0) is 33.2. The standard InChI is InChI=1S/C44H36N2O2/c1-43(2)33-13-5-9-17-37(33)45(38-18-10-6-14-34(38)43)31-25-21-29(22-26-31)41(47)42(48)30-23-27-32(28-24-30)46-39-19-11-7-15-35(39)44(3,4)36-16-8-12-20-40(36)46/h5-28H,1-4H3. The van der Waals surface area contributed by atoms with Crippen molar-refractivity contribution in [2.45, 2.75) is 38.5 Å². The number of hydrogen-bond acceptors (Lipinski definition) is 4. The summed E-state index contributed by atoms with van der Waals surface area (Å²) in [6.07, 6.45) is 0. The number of benzene rings is 6. The van der Waals surface area contributed by atoms with Crippen LogP contribution in [0.2, 0.25) is 0 Å². The first-order chi connectivity index (χ1) is 23.2. The first-order valence-electron chi connectivity index (χ1n) is 16.5.